The lowest BCUT2D eigenvalue weighted by molar-refractivity contribution is -0.132. The third kappa shape index (κ3) is 5.19. The second-order valence-corrected chi connectivity index (χ2v) is 4.78. The van der Waals surface area contributed by atoms with Gasteiger partial charge < -0.3 is 5.11 Å². The van der Waals surface area contributed by atoms with Gasteiger partial charge in [-0.15, -0.1) is 0 Å². The quantitative estimate of drug-likeness (QED) is 0.583. The molecular weight excluding hydrogens is 248 g/mol. The third-order valence-electron chi connectivity index (χ3n) is 2.24. The second kappa shape index (κ2) is 7.02. The molecule has 0 atom stereocenters. The predicted molar refractivity (Wildman–Crippen MR) is 77.7 cm³/mol. The van der Waals surface area contributed by atoms with Gasteiger partial charge in [-0.1, -0.05) is 35.9 Å². The molecule has 0 rings (SSSR count). The Balaban J connectivity index is 5.75. The molecule has 0 unspecified atom stereocenters. The second-order valence-electron chi connectivity index (χ2n) is 4.37. The fraction of sp³-hybridized carbons (Fsp3) is 0.267. The summed E-state index contributed by atoms with van der Waals surface area (Å²) in [5.74, 6) is -1.01. The van der Waals surface area contributed by atoms with Crippen LogP contribution in [-0.4, -0.2) is 11.1 Å². The van der Waals surface area contributed by atoms with Gasteiger partial charge in [0.2, 0.25) is 0 Å². The van der Waals surface area contributed by atoms with Crippen molar-refractivity contribution in [2.24, 2.45) is 0 Å². The fourth-order valence-electron chi connectivity index (χ4n) is 1.09. The average Bonchev–Trinajstić information content (AvgIpc) is 2.21. The molecule has 0 radical (unpaired) electrons. The van der Waals surface area contributed by atoms with Crippen LogP contribution < -0.4 is 0 Å². The Morgan fingerprint density at radius 2 is 1.56 bits per heavy atom. The van der Waals surface area contributed by atoms with Gasteiger partial charge in [-0.25, -0.2) is 4.79 Å². The summed E-state index contributed by atoms with van der Waals surface area (Å²) in [6.45, 7) is 14.7. The summed E-state index contributed by atoms with van der Waals surface area (Å²) >= 11 is 6.06. The van der Waals surface area contributed by atoms with Gasteiger partial charge >= 0.3 is 5.97 Å². The van der Waals surface area contributed by atoms with Crippen LogP contribution >= 0.6 is 11.6 Å². The fourth-order valence-corrected chi connectivity index (χ4v) is 1.21. The first-order valence-corrected chi connectivity index (χ1v) is 5.86. The largest absolute Gasteiger partial charge is 0.478 e. The van der Waals surface area contributed by atoms with Gasteiger partial charge in [-0.2, -0.15) is 0 Å². The van der Waals surface area contributed by atoms with E-state index in [1.807, 2.05) is 13.8 Å². The van der Waals surface area contributed by atoms with Crippen molar-refractivity contribution in [3.63, 3.8) is 0 Å². The van der Waals surface area contributed by atoms with Gasteiger partial charge in [0, 0.05) is 5.03 Å². The van der Waals surface area contributed by atoms with Crippen molar-refractivity contribution in [2.45, 2.75) is 27.7 Å². The van der Waals surface area contributed by atoms with Crippen LogP contribution in [0.2, 0.25) is 0 Å². The number of allylic oxidation sites excluding steroid dienone is 6. The van der Waals surface area contributed by atoms with Gasteiger partial charge in [-0.05, 0) is 51.0 Å². The maximum Gasteiger partial charge on any atom is 0.335 e. The summed E-state index contributed by atoms with van der Waals surface area (Å²) in [5.41, 5.74) is 3.03. The third-order valence-corrected chi connectivity index (χ3v) is 2.73. The highest BCUT2D eigenvalue weighted by Gasteiger charge is 2.09. The van der Waals surface area contributed by atoms with Crippen LogP contribution in [-0.2, 0) is 4.79 Å². The van der Waals surface area contributed by atoms with Crippen molar-refractivity contribution in [3.05, 3.63) is 58.2 Å². The van der Waals surface area contributed by atoms with E-state index in [4.69, 9.17) is 16.7 Å². The smallest absolute Gasteiger partial charge is 0.335 e. The molecule has 0 aliphatic rings. The predicted octanol–water partition coefficient (Wildman–Crippen LogP) is 4.61. The number of hydrogen-bond donors (Lipinski definition) is 1. The van der Waals surface area contributed by atoms with Gasteiger partial charge in [0.15, 0.2) is 0 Å². The standard InChI is InChI=1S/C15H19ClO2/c1-9(2)12(8-14(16)11(5)6)7-13(10(3)4)15(17)18/h7-8H,1,3H2,2,4-6H3,(H,17,18)/b12-8-,13-7+. The Bertz CT molecular complexity index is 457. The van der Waals surface area contributed by atoms with Crippen molar-refractivity contribution in [1.29, 1.82) is 0 Å². The minimum atomic E-state index is -1.01. The van der Waals surface area contributed by atoms with Crippen LogP contribution in [0.25, 0.3) is 0 Å². The SMILES string of the molecule is C=C(C)C(=C\C(Cl)=C(C)C)/C=C(\C(=C)C)C(=O)O. The molecule has 3 heteroatoms. The number of carboxylic acids is 1. The lowest BCUT2D eigenvalue weighted by atomic mass is 10.0. The molecular formula is C15H19ClO2. The van der Waals surface area contributed by atoms with E-state index >= 15 is 0 Å². The van der Waals surface area contributed by atoms with E-state index in [0.29, 0.717) is 16.2 Å². The number of hydrogen-bond acceptors (Lipinski definition) is 1. The lowest BCUT2D eigenvalue weighted by Gasteiger charge is -2.06. The molecule has 0 amide bonds. The Hall–Kier alpha value is -1.54. The molecule has 18 heavy (non-hydrogen) atoms. The molecule has 0 heterocycles. The molecule has 0 fully saturated rings. The Morgan fingerprint density at radius 3 is 1.83 bits per heavy atom. The Morgan fingerprint density at radius 1 is 1.06 bits per heavy atom. The van der Waals surface area contributed by atoms with Crippen LogP contribution in [0.5, 0.6) is 0 Å². The molecule has 0 saturated heterocycles. The van der Waals surface area contributed by atoms with Crippen LogP contribution in [0.4, 0.5) is 0 Å². The van der Waals surface area contributed by atoms with Crippen LogP contribution in [0.15, 0.2) is 58.2 Å². The van der Waals surface area contributed by atoms with Crippen molar-refractivity contribution in [2.75, 3.05) is 0 Å². The molecule has 0 aromatic heterocycles. The Kier molecular flexibility index (Phi) is 6.42. The summed E-state index contributed by atoms with van der Waals surface area (Å²) in [4.78, 5) is 11.1. The number of carboxylic acid groups (broad SMARTS) is 1. The zero-order valence-electron chi connectivity index (χ0n) is 11.3. The van der Waals surface area contributed by atoms with Crippen molar-refractivity contribution < 1.29 is 9.90 Å². The molecule has 0 bridgehead atoms. The highest BCUT2D eigenvalue weighted by molar-refractivity contribution is 6.31. The highest BCUT2D eigenvalue weighted by Crippen LogP contribution is 2.20. The van der Waals surface area contributed by atoms with Crippen LogP contribution in [0, 0.1) is 0 Å². The molecule has 2 nitrogen and oxygen atoms in total. The van der Waals surface area contributed by atoms with E-state index < -0.39 is 5.97 Å². The van der Waals surface area contributed by atoms with E-state index in [0.717, 1.165) is 11.1 Å². The molecule has 1 N–H and O–H groups in total. The molecule has 0 spiro atoms. The molecule has 0 aliphatic heterocycles. The molecule has 0 aliphatic carbocycles. The van der Waals surface area contributed by atoms with Gasteiger partial charge in [0.25, 0.3) is 0 Å². The van der Waals surface area contributed by atoms with E-state index in [-0.39, 0.29) is 5.57 Å². The van der Waals surface area contributed by atoms with Gasteiger partial charge in [-0.3, -0.25) is 0 Å². The minimum absolute atomic E-state index is 0.155. The monoisotopic (exact) mass is 266 g/mol. The molecule has 0 saturated carbocycles. The zero-order valence-corrected chi connectivity index (χ0v) is 12.1. The summed E-state index contributed by atoms with van der Waals surface area (Å²) < 4.78 is 0. The van der Waals surface area contributed by atoms with Crippen molar-refractivity contribution in [3.8, 4) is 0 Å². The Labute approximate surface area is 114 Å². The number of aliphatic carboxylic acids is 1. The van der Waals surface area contributed by atoms with E-state index in [2.05, 4.69) is 13.2 Å². The van der Waals surface area contributed by atoms with Crippen molar-refractivity contribution >= 4 is 17.6 Å². The van der Waals surface area contributed by atoms with Crippen LogP contribution in [0.1, 0.15) is 27.7 Å². The number of rotatable bonds is 5. The maximum atomic E-state index is 11.1. The molecule has 0 aromatic rings. The minimum Gasteiger partial charge on any atom is -0.478 e. The first-order valence-electron chi connectivity index (χ1n) is 5.48. The number of carbonyl (C=O) groups is 1. The zero-order chi connectivity index (χ0) is 14.5. The summed E-state index contributed by atoms with van der Waals surface area (Å²) in [6, 6.07) is 0. The first kappa shape index (κ1) is 16.5. The van der Waals surface area contributed by atoms with E-state index in [1.165, 1.54) is 0 Å². The van der Waals surface area contributed by atoms with Crippen molar-refractivity contribution in [1.82, 2.24) is 0 Å². The van der Waals surface area contributed by atoms with Gasteiger partial charge in [0.1, 0.15) is 0 Å². The first-order chi connectivity index (χ1) is 8.16. The van der Waals surface area contributed by atoms with Gasteiger partial charge in [0.05, 0.1) is 5.57 Å². The van der Waals surface area contributed by atoms with E-state index in [9.17, 15) is 4.79 Å². The topological polar surface area (TPSA) is 37.3 Å². The molecule has 98 valence electrons. The van der Waals surface area contributed by atoms with E-state index in [1.54, 1.807) is 26.0 Å². The summed E-state index contributed by atoms with van der Waals surface area (Å²) in [6.07, 6.45) is 3.25. The molecule has 0 aromatic carbocycles. The average molecular weight is 267 g/mol. The summed E-state index contributed by atoms with van der Waals surface area (Å²) in [5, 5.41) is 9.67. The lowest BCUT2D eigenvalue weighted by Crippen LogP contribution is -2.02. The number of halogens is 1. The highest BCUT2D eigenvalue weighted by atomic mass is 35.5. The summed E-state index contributed by atoms with van der Waals surface area (Å²) in [7, 11) is 0. The van der Waals surface area contributed by atoms with Crippen LogP contribution in [0.3, 0.4) is 0 Å². The normalized spacial score (nSPS) is 12.1. The maximum absolute atomic E-state index is 11.1.